The van der Waals surface area contributed by atoms with Crippen molar-refractivity contribution in [1.29, 1.82) is 0 Å². The highest BCUT2D eigenvalue weighted by molar-refractivity contribution is 5.89. The molecule has 1 N–H and O–H groups in total. The highest BCUT2D eigenvalue weighted by Crippen LogP contribution is 2.26. The maximum absolute atomic E-state index is 12.9. The average molecular weight is 475 g/mol. The Kier molecular flexibility index (Phi) is 7.54. The summed E-state index contributed by atoms with van der Waals surface area (Å²) in [6.45, 7) is 6.67. The van der Waals surface area contributed by atoms with Crippen molar-refractivity contribution in [2.75, 3.05) is 36.4 Å². The summed E-state index contributed by atoms with van der Waals surface area (Å²) in [7, 11) is 0. The number of benzene rings is 2. The zero-order chi connectivity index (χ0) is 24.8. The highest BCUT2D eigenvalue weighted by atomic mass is 16.6. The molecule has 0 aliphatic carbocycles. The molecule has 0 spiro atoms. The van der Waals surface area contributed by atoms with E-state index in [0.717, 1.165) is 48.7 Å². The van der Waals surface area contributed by atoms with E-state index < -0.39 is 4.92 Å². The number of aromatic nitrogens is 2. The lowest BCUT2D eigenvalue weighted by molar-refractivity contribution is -0.384. The number of aryl methyl sites for hydroxylation is 2. The number of non-ortho nitro benzene ring substituents is 1. The molecule has 0 radical (unpaired) electrons. The third-order valence-electron chi connectivity index (χ3n) is 6.15. The Balaban J connectivity index is 1.49. The van der Waals surface area contributed by atoms with E-state index in [1.54, 1.807) is 17.0 Å². The third-order valence-corrected chi connectivity index (χ3v) is 6.15. The van der Waals surface area contributed by atoms with Crippen LogP contribution >= 0.6 is 0 Å². The smallest absolute Gasteiger partial charge is 0.321 e. The van der Waals surface area contributed by atoms with Gasteiger partial charge in [0.05, 0.1) is 4.92 Å². The molecule has 182 valence electrons. The SMILES string of the molecule is CCc1nc(C)nc(N2CCCN(C(=O)Nc3ccc([N+](=O)[O-])cc3)CC2)c1Cc1ccccc1. The Morgan fingerprint density at radius 3 is 2.46 bits per heavy atom. The van der Waals surface area contributed by atoms with E-state index in [1.807, 2.05) is 25.1 Å². The lowest BCUT2D eigenvalue weighted by Gasteiger charge is -2.26. The van der Waals surface area contributed by atoms with E-state index in [4.69, 9.17) is 9.97 Å². The molecule has 2 aromatic carbocycles. The first-order valence-electron chi connectivity index (χ1n) is 11.9. The van der Waals surface area contributed by atoms with Crippen LogP contribution in [0, 0.1) is 17.0 Å². The topological polar surface area (TPSA) is 104 Å². The number of urea groups is 1. The number of hydrogen-bond acceptors (Lipinski definition) is 6. The van der Waals surface area contributed by atoms with Gasteiger partial charge in [-0.15, -0.1) is 0 Å². The molecule has 3 aromatic rings. The fourth-order valence-electron chi connectivity index (χ4n) is 4.37. The van der Waals surface area contributed by atoms with Gasteiger partial charge in [-0.25, -0.2) is 14.8 Å². The molecule has 9 heteroatoms. The number of carbonyl (C=O) groups is 1. The van der Waals surface area contributed by atoms with Crippen molar-refractivity contribution in [3.8, 4) is 0 Å². The van der Waals surface area contributed by atoms with Crippen molar-refractivity contribution < 1.29 is 9.72 Å². The normalized spacial score (nSPS) is 13.9. The molecular weight excluding hydrogens is 444 g/mol. The lowest BCUT2D eigenvalue weighted by atomic mass is 10.0. The van der Waals surface area contributed by atoms with Gasteiger partial charge in [-0.2, -0.15) is 0 Å². The first-order chi connectivity index (χ1) is 16.9. The average Bonchev–Trinajstić information content (AvgIpc) is 3.12. The van der Waals surface area contributed by atoms with Crippen LogP contribution in [0.2, 0.25) is 0 Å². The molecule has 9 nitrogen and oxygen atoms in total. The fraction of sp³-hybridized carbons (Fsp3) is 0.346. The standard InChI is InChI=1S/C26H30N6O3/c1-3-24-23(18-20-8-5-4-6-9-20)25(28-19(2)27-24)30-14-7-15-31(17-16-30)26(33)29-21-10-12-22(13-11-21)32(34)35/h4-6,8-13H,3,7,14-18H2,1-2H3,(H,29,33). The van der Waals surface area contributed by atoms with Crippen LogP contribution in [0.25, 0.3) is 0 Å². The van der Waals surface area contributed by atoms with Crippen LogP contribution in [0.1, 0.15) is 36.0 Å². The minimum Gasteiger partial charge on any atom is -0.354 e. The Hall–Kier alpha value is -4.01. The second kappa shape index (κ2) is 10.9. The number of nitro benzene ring substituents is 1. The minimum absolute atomic E-state index is 0.00804. The number of nitrogens with zero attached hydrogens (tertiary/aromatic N) is 5. The Labute approximate surface area is 205 Å². The second-order valence-corrected chi connectivity index (χ2v) is 8.60. The van der Waals surface area contributed by atoms with Gasteiger partial charge in [-0.3, -0.25) is 10.1 Å². The van der Waals surface area contributed by atoms with E-state index in [2.05, 4.69) is 29.3 Å². The maximum atomic E-state index is 12.9. The van der Waals surface area contributed by atoms with Crippen molar-refractivity contribution in [3.05, 3.63) is 87.4 Å². The van der Waals surface area contributed by atoms with E-state index in [-0.39, 0.29) is 11.7 Å². The number of amides is 2. The van der Waals surface area contributed by atoms with Crippen LogP contribution in [0.4, 0.5) is 22.0 Å². The quantitative estimate of drug-likeness (QED) is 0.414. The number of rotatable bonds is 6. The molecule has 35 heavy (non-hydrogen) atoms. The van der Waals surface area contributed by atoms with Crippen LogP contribution in [0.5, 0.6) is 0 Å². The van der Waals surface area contributed by atoms with Crippen molar-refractivity contribution in [3.63, 3.8) is 0 Å². The summed E-state index contributed by atoms with van der Waals surface area (Å²) in [5.41, 5.74) is 3.95. The van der Waals surface area contributed by atoms with Crippen molar-refractivity contribution in [1.82, 2.24) is 14.9 Å². The zero-order valence-corrected chi connectivity index (χ0v) is 20.1. The van der Waals surface area contributed by atoms with Gasteiger partial charge in [0.1, 0.15) is 11.6 Å². The summed E-state index contributed by atoms with van der Waals surface area (Å²) < 4.78 is 0. The third kappa shape index (κ3) is 5.92. The molecular formula is C26H30N6O3. The number of nitro groups is 1. The highest BCUT2D eigenvalue weighted by Gasteiger charge is 2.23. The molecule has 1 aliphatic rings. The molecule has 0 atom stereocenters. The zero-order valence-electron chi connectivity index (χ0n) is 20.1. The van der Waals surface area contributed by atoms with Crippen molar-refractivity contribution in [2.45, 2.75) is 33.1 Å². The largest absolute Gasteiger partial charge is 0.354 e. The van der Waals surface area contributed by atoms with Gasteiger partial charge in [0.25, 0.3) is 5.69 Å². The summed E-state index contributed by atoms with van der Waals surface area (Å²) in [6.07, 6.45) is 2.40. The minimum atomic E-state index is -0.458. The van der Waals surface area contributed by atoms with Gasteiger partial charge >= 0.3 is 6.03 Å². The molecule has 0 saturated carbocycles. The summed E-state index contributed by atoms with van der Waals surface area (Å²) >= 11 is 0. The summed E-state index contributed by atoms with van der Waals surface area (Å²) in [5.74, 6) is 1.71. The Morgan fingerprint density at radius 1 is 1.03 bits per heavy atom. The van der Waals surface area contributed by atoms with Crippen LogP contribution in [0.3, 0.4) is 0 Å². The molecule has 1 aromatic heterocycles. The van der Waals surface area contributed by atoms with Crippen LogP contribution in [-0.4, -0.2) is 52.0 Å². The second-order valence-electron chi connectivity index (χ2n) is 8.60. The number of anilines is 2. The fourth-order valence-corrected chi connectivity index (χ4v) is 4.37. The molecule has 1 saturated heterocycles. The Morgan fingerprint density at radius 2 is 1.77 bits per heavy atom. The first kappa shape index (κ1) is 24.1. The summed E-state index contributed by atoms with van der Waals surface area (Å²) in [6, 6.07) is 16.0. The number of hydrogen-bond donors (Lipinski definition) is 1. The maximum Gasteiger partial charge on any atom is 0.321 e. The molecule has 2 amide bonds. The van der Waals surface area contributed by atoms with E-state index in [0.29, 0.717) is 25.3 Å². The van der Waals surface area contributed by atoms with E-state index in [1.165, 1.54) is 17.7 Å². The summed E-state index contributed by atoms with van der Waals surface area (Å²) in [4.78, 5) is 36.9. The van der Waals surface area contributed by atoms with Crippen LogP contribution in [-0.2, 0) is 12.8 Å². The Bertz CT molecular complexity index is 1180. The summed E-state index contributed by atoms with van der Waals surface area (Å²) in [5, 5.41) is 13.7. The van der Waals surface area contributed by atoms with Gasteiger partial charge in [0.15, 0.2) is 0 Å². The number of carbonyl (C=O) groups excluding carboxylic acids is 1. The predicted octanol–water partition coefficient (Wildman–Crippen LogP) is 4.59. The van der Waals surface area contributed by atoms with E-state index >= 15 is 0 Å². The first-order valence-corrected chi connectivity index (χ1v) is 11.9. The van der Waals surface area contributed by atoms with Crippen LogP contribution < -0.4 is 10.2 Å². The van der Waals surface area contributed by atoms with Gasteiger partial charge in [-0.05, 0) is 37.5 Å². The van der Waals surface area contributed by atoms with Gasteiger partial charge < -0.3 is 15.1 Å². The lowest BCUT2D eigenvalue weighted by Crippen LogP contribution is -2.38. The molecule has 1 aliphatic heterocycles. The molecule has 1 fully saturated rings. The molecule has 0 unspecified atom stereocenters. The van der Waals surface area contributed by atoms with E-state index in [9.17, 15) is 14.9 Å². The van der Waals surface area contributed by atoms with Gasteiger partial charge in [-0.1, -0.05) is 37.3 Å². The van der Waals surface area contributed by atoms with Crippen LogP contribution in [0.15, 0.2) is 54.6 Å². The predicted molar refractivity (Wildman–Crippen MR) is 136 cm³/mol. The number of nitrogens with one attached hydrogen (secondary N) is 1. The molecule has 0 bridgehead atoms. The van der Waals surface area contributed by atoms with Gasteiger partial charge in [0, 0.05) is 61.7 Å². The molecule has 4 rings (SSSR count). The van der Waals surface area contributed by atoms with Crippen molar-refractivity contribution in [2.24, 2.45) is 0 Å². The van der Waals surface area contributed by atoms with Gasteiger partial charge in [0.2, 0.25) is 0 Å². The monoisotopic (exact) mass is 474 g/mol. The molecule has 2 heterocycles. The van der Waals surface area contributed by atoms with Crippen molar-refractivity contribution >= 4 is 23.2 Å².